The molecule has 54 heavy (non-hydrogen) atoms. The van der Waals surface area contributed by atoms with Crippen LogP contribution in [0.2, 0.25) is 5.02 Å². The Labute approximate surface area is 312 Å². The maximum absolute atomic E-state index is 14.7. The normalized spacial score (nSPS) is 14.1. The molecule has 0 spiro atoms. The topological polar surface area (TPSA) is 180 Å². The molecule has 3 aromatic heterocycles. The lowest BCUT2D eigenvalue weighted by atomic mass is 10.0. The van der Waals surface area contributed by atoms with Crippen LogP contribution in [0.5, 0.6) is 0 Å². The maximum Gasteiger partial charge on any atom is 0.266 e. The van der Waals surface area contributed by atoms with Crippen molar-refractivity contribution in [3.63, 3.8) is 0 Å². The Hall–Kier alpha value is -5.20. The number of sulfonamides is 1. The highest BCUT2D eigenvalue weighted by atomic mass is 35.5. The summed E-state index contributed by atoms with van der Waals surface area (Å²) < 4.78 is 84.4. The summed E-state index contributed by atoms with van der Waals surface area (Å²) in [6.45, 7) is -0.232. The van der Waals surface area contributed by atoms with Crippen molar-refractivity contribution in [2.24, 2.45) is 7.05 Å². The number of aryl methyl sites for hydroxylation is 1. The molecule has 1 amide bonds. The molecular weight excluding hydrogens is 766 g/mol. The minimum atomic E-state index is -3.83. The van der Waals surface area contributed by atoms with Gasteiger partial charge >= 0.3 is 0 Å². The fourth-order valence-electron chi connectivity index (χ4n) is 6.51. The van der Waals surface area contributed by atoms with Crippen molar-refractivity contribution in [2.75, 3.05) is 17.2 Å². The van der Waals surface area contributed by atoms with Crippen molar-refractivity contribution in [3.05, 3.63) is 110 Å². The van der Waals surface area contributed by atoms with Gasteiger partial charge in [-0.3, -0.25) is 28.2 Å². The second-order valence-electron chi connectivity index (χ2n) is 13.5. The molecule has 6 aromatic rings. The van der Waals surface area contributed by atoms with E-state index in [1.165, 1.54) is 51.3 Å². The number of fused-ring (bicyclic) bond motifs is 2. The van der Waals surface area contributed by atoms with Gasteiger partial charge in [0.25, 0.3) is 5.56 Å². The Morgan fingerprint density at radius 2 is 1.70 bits per heavy atom. The van der Waals surface area contributed by atoms with Crippen LogP contribution in [0.25, 0.3) is 27.5 Å². The van der Waals surface area contributed by atoms with Crippen molar-refractivity contribution in [1.82, 2.24) is 34.4 Å². The molecule has 0 bridgehead atoms. The van der Waals surface area contributed by atoms with Gasteiger partial charge in [0.15, 0.2) is 15.7 Å². The number of nitrogens with one attached hydrogen (secondary N) is 2. The molecule has 0 radical (unpaired) electrons. The van der Waals surface area contributed by atoms with Gasteiger partial charge in [0.2, 0.25) is 15.9 Å². The van der Waals surface area contributed by atoms with Crippen LogP contribution in [-0.2, 0) is 50.4 Å². The third-order valence-corrected chi connectivity index (χ3v) is 10.5. The zero-order valence-corrected chi connectivity index (χ0v) is 31.4. The minimum absolute atomic E-state index is 0.0711. The van der Waals surface area contributed by atoms with E-state index in [4.69, 9.17) is 16.6 Å². The summed E-state index contributed by atoms with van der Waals surface area (Å²) in [7, 11) is -5.81. The van der Waals surface area contributed by atoms with Crippen LogP contribution >= 0.6 is 11.6 Å². The average Bonchev–Trinajstić information content (AvgIpc) is 3.71. The zero-order valence-electron chi connectivity index (χ0n) is 29.0. The summed E-state index contributed by atoms with van der Waals surface area (Å²) in [6, 6.07) is 10.8. The van der Waals surface area contributed by atoms with E-state index in [1.54, 1.807) is 6.20 Å². The molecule has 19 heteroatoms. The van der Waals surface area contributed by atoms with E-state index in [2.05, 4.69) is 20.2 Å². The second kappa shape index (κ2) is 13.9. The summed E-state index contributed by atoms with van der Waals surface area (Å²) in [5.74, 6) is -2.51. The van der Waals surface area contributed by atoms with E-state index >= 15 is 0 Å². The fourth-order valence-corrected chi connectivity index (χ4v) is 8.04. The van der Waals surface area contributed by atoms with Gasteiger partial charge in [-0.15, -0.1) is 0 Å². The molecule has 14 nitrogen and oxygen atoms in total. The van der Waals surface area contributed by atoms with Gasteiger partial charge in [0.05, 0.1) is 56.3 Å². The Balaban J connectivity index is 1.46. The molecule has 0 saturated heterocycles. The van der Waals surface area contributed by atoms with E-state index in [-0.39, 0.29) is 68.4 Å². The number of anilines is 1. The second-order valence-corrected chi connectivity index (χ2v) is 17.8. The van der Waals surface area contributed by atoms with Gasteiger partial charge in [-0.1, -0.05) is 17.7 Å². The predicted octanol–water partition coefficient (Wildman–Crippen LogP) is 4.29. The lowest BCUT2D eigenvalue weighted by Crippen LogP contribution is -2.37. The van der Waals surface area contributed by atoms with Crippen LogP contribution in [-0.4, -0.2) is 64.4 Å². The third-order valence-electron chi connectivity index (χ3n) is 8.80. The fraction of sp³-hybridized carbons (Fsp3) is 0.286. The van der Waals surface area contributed by atoms with Crippen molar-refractivity contribution in [1.29, 1.82) is 0 Å². The van der Waals surface area contributed by atoms with Gasteiger partial charge in [0, 0.05) is 37.9 Å². The Kier molecular flexibility index (Phi) is 9.55. The molecule has 1 fully saturated rings. The smallest absolute Gasteiger partial charge is 0.266 e. The molecule has 1 aliphatic carbocycles. The molecule has 3 heterocycles. The number of aromatic nitrogens is 6. The highest BCUT2D eigenvalue weighted by Gasteiger charge is 2.29. The first-order valence-corrected chi connectivity index (χ1v) is 20.9. The van der Waals surface area contributed by atoms with Crippen molar-refractivity contribution < 1.29 is 30.4 Å². The molecule has 1 aliphatic rings. The van der Waals surface area contributed by atoms with Gasteiger partial charge < -0.3 is 5.32 Å². The van der Waals surface area contributed by atoms with E-state index in [0.29, 0.717) is 17.5 Å². The number of rotatable bonds is 12. The summed E-state index contributed by atoms with van der Waals surface area (Å²) >= 11 is 6.60. The first-order valence-electron chi connectivity index (χ1n) is 16.6. The minimum Gasteiger partial charge on any atom is -0.344 e. The highest BCUT2D eigenvalue weighted by Crippen LogP contribution is 2.39. The van der Waals surface area contributed by atoms with Gasteiger partial charge in [-0.2, -0.15) is 10.2 Å². The van der Waals surface area contributed by atoms with Crippen molar-refractivity contribution in [2.45, 2.75) is 43.5 Å². The monoisotopic (exact) mass is 798 g/mol. The Morgan fingerprint density at radius 3 is 2.37 bits per heavy atom. The van der Waals surface area contributed by atoms with Crippen LogP contribution in [0, 0.1) is 11.6 Å². The van der Waals surface area contributed by atoms with Crippen LogP contribution in [0.3, 0.4) is 0 Å². The van der Waals surface area contributed by atoms with Gasteiger partial charge in [-0.25, -0.2) is 30.6 Å². The van der Waals surface area contributed by atoms with Crippen LogP contribution in [0.1, 0.15) is 47.4 Å². The number of benzene rings is 3. The van der Waals surface area contributed by atoms with E-state index < -0.39 is 49.0 Å². The first kappa shape index (κ1) is 37.1. The maximum atomic E-state index is 14.7. The van der Waals surface area contributed by atoms with Gasteiger partial charge in [0.1, 0.15) is 24.0 Å². The number of nitrogens with zero attached hydrogens (tertiary/aromatic N) is 6. The van der Waals surface area contributed by atoms with E-state index in [9.17, 15) is 35.2 Å². The number of amides is 1. The van der Waals surface area contributed by atoms with Crippen LogP contribution < -0.4 is 15.6 Å². The lowest BCUT2D eigenvalue weighted by molar-refractivity contribution is -0.122. The predicted molar refractivity (Wildman–Crippen MR) is 199 cm³/mol. The number of sulfone groups is 1. The molecule has 1 unspecified atom stereocenters. The number of hydrogen-bond donors (Lipinski definition) is 2. The Morgan fingerprint density at radius 1 is 0.981 bits per heavy atom. The van der Waals surface area contributed by atoms with E-state index in [0.717, 1.165) is 43.2 Å². The molecule has 7 rings (SSSR count). The largest absolute Gasteiger partial charge is 0.344 e. The summed E-state index contributed by atoms with van der Waals surface area (Å²) in [5.41, 5.74) is 1.10. The summed E-state index contributed by atoms with van der Waals surface area (Å²) in [5, 5.41) is 12.0. The van der Waals surface area contributed by atoms with Gasteiger partial charge in [-0.05, 0) is 66.4 Å². The Bertz CT molecular complexity index is 2760. The third kappa shape index (κ3) is 8.00. The first-order chi connectivity index (χ1) is 25.4. The lowest BCUT2D eigenvalue weighted by Gasteiger charge is -2.24. The highest BCUT2D eigenvalue weighted by molar-refractivity contribution is 7.92. The number of halogens is 3. The quantitative estimate of drug-likeness (QED) is 0.183. The molecule has 1 atom stereocenters. The van der Waals surface area contributed by atoms with Crippen molar-refractivity contribution in [3.8, 4) is 5.69 Å². The summed E-state index contributed by atoms with van der Waals surface area (Å²) in [4.78, 5) is 33.3. The molecule has 282 valence electrons. The number of carbonyl (C=O) groups is 1. The summed E-state index contributed by atoms with van der Waals surface area (Å²) in [6.07, 6.45) is 5.44. The van der Waals surface area contributed by atoms with Crippen molar-refractivity contribution >= 4 is 65.0 Å². The SMILES string of the molecule is Cn1nc(NS(C)(=O)=O)c2c(Cl)ccc(-n3c(C(Cc4cc(F)cc(F)c4)NC(=O)Cn4ccc(C5CC5)n4)nc4cc(CS(C)(=O)=O)ccc4c3=O)c21. The van der Waals surface area contributed by atoms with E-state index in [1.807, 2.05) is 6.07 Å². The molecule has 2 N–H and O–H groups in total. The number of carbonyl (C=O) groups excluding carboxylic acids is 1. The molecular formula is C35H33ClF2N8O6S2. The average molecular weight is 799 g/mol. The molecule has 1 saturated carbocycles. The zero-order chi connectivity index (χ0) is 38.7. The standard InChI is InChI=1S/C35H33ClF2N8O6S2/c1-44-32-29(9-8-25(36)31(32)33(42-44)43-54(3,51)52)46-34(40-27-14-19(18-53(2,49)50)4-7-24(27)35(46)48)28(15-20-12-22(37)16-23(38)13-20)39-30(47)17-45-11-10-26(41-45)21-5-6-21/h4,7-14,16,21,28H,5-6,15,17-18H2,1-3H3,(H,39,47)(H,42,43). The molecule has 3 aromatic carbocycles. The number of hydrogen-bond acceptors (Lipinski definition) is 9. The van der Waals surface area contributed by atoms with Crippen LogP contribution in [0.15, 0.2) is 65.6 Å². The van der Waals surface area contributed by atoms with Crippen LogP contribution in [0.4, 0.5) is 14.6 Å². The molecule has 0 aliphatic heterocycles.